The van der Waals surface area contributed by atoms with Gasteiger partial charge in [0.15, 0.2) is 5.96 Å². The van der Waals surface area contributed by atoms with Crippen molar-refractivity contribution in [1.82, 2.24) is 9.80 Å². The average Bonchev–Trinajstić information content (AvgIpc) is 3.03. The van der Waals surface area contributed by atoms with E-state index in [4.69, 9.17) is 10.5 Å². The lowest BCUT2D eigenvalue weighted by Gasteiger charge is -2.36. The molecule has 0 aromatic carbocycles. The molecule has 2 rings (SSSR count). The van der Waals surface area contributed by atoms with Gasteiger partial charge in [0.25, 0.3) is 0 Å². The quantitative estimate of drug-likeness (QED) is 0.580. The highest BCUT2D eigenvalue weighted by Gasteiger charge is 2.33. The number of rotatable bonds is 1. The van der Waals surface area contributed by atoms with Crippen molar-refractivity contribution in [2.45, 2.75) is 45.8 Å². The van der Waals surface area contributed by atoms with Crippen molar-refractivity contribution in [2.75, 3.05) is 26.2 Å². The van der Waals surface area contributed by atoms with Gasteiger partial charge in [-0.3, -0.25) is 0 Å². The highest BCUT2D eigenvalue weighted by molar-refractivity contribution is 5.79. The second kappa shape index (κ2) is 5.50. The van der Waals surface area contributed by atoms with Gasteiger partial charge in [0.1, 0.15) is 5.60 Å². The fourth-order valence-electron chi connectivity index (χ4n) is 2.18. The molecule has 20 heavy (non-hydrogen) atoms. The summed E-state index contributed by atoms with van der Waals surface area (Å²) >= 11 is 0. The number of aliphatic imine (C=N–C) groups is 1. The first kappa shape index (κ1) is 14.9. The predicted octanol–water partition coefficient (Wildman–Crippen LogP) is 1.26. The minimum absolute atomic E-state index is 0.247. The molecule has 1 aliphatic carbocycles. The molecule has 0 aromatic heterocycles. The minimum Gasteiger partial charge on any atom is -0.444 e. The van der Waals surface area contributed by atoms with Gasteiger partial charge < -0.3 is 20.3 Å². The van der Waals surface area contributed by atoms with Crippen LogP contribution in [-0.2, 0) is 4.74 Å². The van der Waals surface area contributed by atoms with Crippen LogP contribution >= 0.6 is 0 Å². The van der Waals surface area contributed by atoms with Crippen LogP contribution in [0.1, 0.15) is 34.1 Å². The second-order valence-electron chi connectivity index (χ2n) is 6.72. The van der Waals surface area contributed by atoms with E-state index in [9.17, 15) is 4.79 Å². The van der Waals surface area contributed by atoms with E-state index < -0.39 is 5.60 Å². The van der Waals surface area contributed by atoms with E-state index in [-0.39, 0.29) is 6.09 Å². The van der Waals surface area contributed by atoms with Crippen LogP contribution in [0.2, 0.25) is 0 Å². The molecule has 1 amide bonds. The van der Waals surface area contributed by atoms with Crippen LogP contribution < -0.4 is 5.73 Å². The van der Waals surface area contributed by atoms with Gasteiger partial charge in [-0.25, -0.2) is 9.79 Å². The summed E-state index contributed by atoms with van der Waals surface area (Å²) in [6.45, 7) is 10.5. The van der Waals surface area contributed by atoms with Gasteiger partial charge in [-0.05, 0) is 33.1 Å². The lowest BCUT2D eigenvalue weighted by atomic mass is 10.2. The SMILES string of the molecule is C[C@@H]1C[C@@H]1N=C(N)N1CCN(C(=O)OC(C)(C)C)CC1. The average molecular weight is 282 g/mol. The fraction of sp³-hybridized carbons (Fsp3) is 0.857. The van der Waals surface area contributed by atoms with E-state index in [1.165, 1.54) is 0 Å². The summed E-state index contributed by atoms with van der Waals surface area (Å²) in [5.41, 5.74) is 5.57. The Bertz CT molecular complexity index is 394. The first-order chi connectivity index (χ1) is 9.26. The van der Waals surface area contributed by atoms with Crippen LogP contribution in [0.25, 0.3) is 0 Å². The summed E-state index contributed by atoms with van der Waals surface area (Å²) in [6.07, 6.45) is 0.891. The normalized spacial score (nSPS) is 27.5. The van der Waals surface area contributed by atoms with Crippen molar-refractivity contribution in [1.29, 1.82) is 0 Å². The Morgan fingerprint density at radius 1 is 1.20 bits per heavy atom. The van der Waals surface area contributed by atoms with E-state index in [1.807, 2.05) is 25.7 Å². The highest BCUT2D eigenvalue weighted by atomic mass is 16.6. The molecule has 0 unspecified atom stereocenters. The van der Waals surface area contributed by atoms with Crippen LogP contribution in [0.15, 0.2) is 4.99 Å². The maximum absolute atomic E-state index is 11.9. The maximum Gasteiger partial charge on any atom is 0.410 e. The van der Waals surface area contributed by atoms with Crippen LogP contribution in [0, 0.1) is 5.92 Å². The Balaban J connectivity index is 1.80. The predicted molar refractivity (Wildman–Crippen MR) is 78.6 cm³/mol. The molecule has 0 radical (unpaired) electrons. The monoisotopic (exact) mass is 282 g/mol. The molecule has 1 heterocycles. The maximum atomic E-state index is 11.9. The lowest BCUT2D eigenvalue weighted by molar-refractivity contribution is 0.0186. The molecule has 2 fully saturated rings. The zero-order valence-electron chi connectivity index (χ0n) is 12.9. The Labute approximate surface area is 121 Å². The number of nitrogens with two attached hydrogens (primary N) is 1. The summed E-state index contributed by atoms with van der Waals surface area (Å²) in [6, 6.07) is 0.402. The number of piperazine rings is 1. The van der Waals surface area contributed by atoms with Gasteiger partial charge in [-0.15, -0.1) is 0 Å². The smallest absolute Gasteiger partial charge is 0.410 e. The number of carbonyl (C=O) groups is 1. The van der Waals surface area contributed by atoms with Crippen molar-refractivity contribution in [3.8, 4) is 0 Å². The lowest BCUT2D eigenvalue weighted by Crippen LogP contribution is -2.53. The molecule has 0 bridgehead atoms. The zero-order valence-corrected chi connectivity index (χ0v) is 12.9. The molecule has 0 aromatic rings. The number of carbonyl (C=O) groups excluding carboxylic acids is 1. The molecule has 2 atom stereocenters. The van der Waals surface area contributed by atoms with Crippen LogP contribution in [0.4, 0.5) is 4.79 Å². The van der Waals surface area contributed by atoms with Gasteiger partial charge >= 0.3 is 6.09 Å². The van der Waals surface area contributed by atoms with Crippen molar-refractivity contribution in [3.63, 3.8) is 0 Å². The van der Waals surface area contributed by atoms with Gasteiger partial charge in [0.05, 0.1) is 6.04 Å². The van der Waals surface area contributed by atoms with Crippen molar-refractivity contribution >= 4 is 12.1 Å². The number of hydrogen-bond donors (Lipinski definition) is 1. The van der Waals surface area contributed by atoms with E-state index in [1.54, 1.807) is 4.90 Å². The summed E-state index contributed by atoms with van der Waals surface area (Å²) in [7, 11) is 0. The first-order valence-electron chi connectivity index (χ1n) is 7.32. The van der Waals surface area contributed by atoms with E-state index in [2.05, 4.69) is 11.9 Å². The summed E-state index contributed by atoms with van der Waals surface area (Å²) in [5.74, 6) is 1.28. The van der Waals surface area contributed by atoms with Crippen LogP contribution in [0.3, 0.4) is 0 Å². The van der Waals surface area contributed by atoms with E-state index in [0.29, 0.717) is 31.0 Å². The molecular weight excluding hydrogens is 256 g/mol. The molecule has 6 heteroatoms. The molecule has 1 saturated heterocycles. The number of amides is 1. The number of hydrogen-bond acceptors (Lipinski definition) is 3. The summed E-state index contributed by atoms with van der Waals surface area (Å²) in [5, 5.41) is 0. The molecule has 0 spiro atoms. The van der Waals surface area contributed by atoms with Gasteiger partial charge in [-0.1, -0.05) is 6.92 Å². The fourth-order valence-corrected chi connectivity index (χ4v) is 2.18. The first-order valence-corrected chi connectivity index (χ1v) is 7.32. The highest BCUT2D eigenvalue weighted by Crippen LogP contribution is 2.32. The second-order valence-corrected chi connectivity index (χ2v) is 6.72. The van der Waals surface area contributed by atoms with Crippen molar-refractivity contribution < 1.29 is 9.53 Å². The summed E-state index contributed by atoms with van der Waals surface area (Å²) < 4.78 is 5.37. The van der Waals surface area contributed by atoms with Gasteiger partial charge in [0, 0.05) is 26.2 Å². The molecular formula is C14H26N4O2. The Hall–Kier alpha value is -1.46. The molecule has 2 aliphatic rings. The van der Waals surface area contributed by atoms with E-state index in [0.717, 1.165) is 19.5 Å². The minimum atomic E-state index is -0.448. The summed E-state index contributed by atoms with van der Waals surface area (Å²) in [4.78, 5) is 20.2. The third-order valence-corrected chi connectivity index (χ3v) is 3.62. The standard InChI is InChI=1S/C14H26N4O2/c1-10-9-11(10)16-12(15)17-5-7-18(8-6-17)13(19)20-14(2,3)4/h10-11H,5-9H2,1-4H3,(H2,15,16)/t10-,11+/m1/s1. The Morgan fingerprint density at radius 2 is 1.70 bits per heavy atom. The van der Waals surface area contributed by atoms with E-state index >= 15 is 0 Å². The Morgan fingerprint density at radius 3 is 2.15 bits per heavy atom. The molecule has 6 nitrogen and oxygen atoms in total. The third kappa shape index (κ3) is 4.02. The molecule has 1 aliphatic heterocycles. The number of guanidine groups is 1. The number of nitrogens with zero attached hydrogens (tertiary/aromatic N) is 3. The molecule has 1 saturated carbocycles. The molecule has 2 N–H and O–H groups in total. The largest absolute Gasteiger partial charge is 0.444 e. The van der Waals surface area contributed by atoms with Crippen LogP contribution in [0.5, 0.6) is 0 Å². The van der Waals surface area contributed by atoms with Crippen molar-refractivity contribution in [3.05, 3.63) is 0 Å². The number of ether oxygens (including phenoxy) is 1. The zero-order chi connectivity index (χ0) is 14.9. The van der Waals surface area contributed by atoms with Crippen molar-refractivity contribution in [2.24, 2.45) is 16.6 Å². The van der Waals surface area contributed by atoms with Gasteiger partial charge in [-0.2, -0.15) is 0 Å². The third-order valence-electron chi connectivity index (χ3n) is 3.62. The molecule has 114 valence electrons. The Kier molecular flexibility index (Phi) is 4.11. The van der Waals surface area contributed by atoms with Crippen LogP contribution in [-0.4, -0.2) is 59.7 Å². The van der Waals surface area contributed by atoms with Gasteiger partial charge in [0.2, 0.25) is 0 Å². The topological polar surface area (TPSA) is 71.2 Å².